The summed E-state index contributed by atoms with van der Waals surface area (Å²) in [6.07, 6.45) is 2.69. The fourth-order valence-electron chi connectivity index (χ4n) is 3.40. The van der Waals surface area contributed by atoms with Crippen molar-refractivity contribution in [2.45, 2.75) is 6.10 Å². The molecule has 2 heterocycles. The smallest absolute Gasteiger partial charge is 0.284 e. The van der Waals surface area contributed by atoms with Gasteiger partial charge < -0.3 is 9.47 Å². The van der Waals surface area contributed by atoms with E-state index in [1.54, 1.807) is 23.0 Å². The summed E-state index contributed by atoms with van der Waals surface area (Å²) in [5.74, 6) is 0.784. The van der Waals surface area contributed by atoms with Crippen molar-refractivity contribution in [3.05, 3.63) is 96.7 Å². The molecular formula is C25H20N4O3. The topological polar surface area (TPSA) is 77.7 Å². The van der Waals surface area contributed by atoms with Gasteiger partial charge in [0.05, 0.1) is 11.9 Å². The second-order valence-corrected chi connectivity index (χ2v) is 7.18. The second kappa shape index (κ2) is 8.77. The highest BCUT2D eigenvalue weighted by atomic mass is 16.6. The van der Waals surface area contributed by atoms with E-state index in [0.29, 0.717) is 11.5 Å². The highest BCUT2D eigenvalue weighted by molar-refractivity contribution is 5.90. The van der Waals surface area contributed by atoms with Crippen LogP contribution in [0.2, 0.25) is 0 Å². The Kier molecular flexibility index (Phi) is 5.36. The van der Waals surface area contributed by atoms with Crippen molar-refractivity contribution < 1.29 is 14.3 Å². The molecule has 1 unspecified atom stereocenters. The number of carbonyl (C=O) groups is 1. The number of benzene rings is 3. The first-order valence-electron chi connectivity index (χ1n) is 10.2. The number of nitrogens with one attached hydrogen (secondary N) is 1. The molecule has 0 spiro atoms. The summed E-state index contributed by atoms with van der Waals surface area (Å²) in [5.41, 5.74) is 5.96. The molecule has 0 aliphatic carbocycles. The second-order valence-electron chi connectivity index (χ2n) is 7.18. The fraction of sp³-hybridized carbons (Fsp3) is 0.0800. The van der Waals surface area contributed by atoms with Crippen LogP contribution in [0.3, 0.4) is 0 Å². The van der Waals surface area contributed by atoms with E-state index < -0.39 is 6.10 Å². The van der Waals surface area contributed by atoms with Crippen molar-refractivity contribution >= 4 is 12.1 Å². The zero-order chi connectivity index (χ0) is 21.8. The monoisotopic (exact) mass is 424 g/mol. The Morgan fingerprint density at radius 3 is 2.44 bits per heavy atom. The summed E-state index contributed by atoms with van der Waals surface area (Å²) >= 11 is 0. The van der Waals surface area contributed by atoms with E-state index in [9.17, 15) is 4.79 Å². The number of hydrogen-bond donors (Lipinski definition) is 1. The number of ether oxygens (including phenoxy) is 2. The summed E-state index contributed by atoms with van der Waals surface area (Å²) in [6, 6.07) is 26.9. The van der Waals surface area contributed by atoms with Crippen LogP contribution in [-0.4, -0.2) is 34.6 Å². The third-order valence-electron chi connectivity index (χ3n) is 4.99. The summed E-state index contributed by atoms with van der Waals surface area (Å²) < 4.78 is 13.1. The lowest BCUT2D eigenvalue weighted by Gasteiger charge is -2.24. The van der Waals surface area contributed by atoms with Gasteiger partial charge in [0.1, 0.15) is 12.3 Å². The van der Waals surface area contributed by atoms with E-state index in [4.69, 9.17) is 14.6 Å². The predicted octanol–water partition coefficient (Wildman–Crippen LogP) is 3.83. The van der Waals surface area contributed by atoms with Gasteiger partial charge in [-0.3, -0.25) is 4.79 Å². The van der Waals surface area contributed by atoms with Gasteiger partial charge in [-0.1, -0.05) is 60.7 Å². The van der Waals surface area contributed by atoms with Gasteiger partial charge in [0.2, 0.25) is 6.10 Å². The molecule has 158 valence electrons. The molecule has 0 fully saturated rings. The Morgan fingerprint density at radius 2 is 1.66 bits per heavy atom. The number of hydrogen-bond acceptors (Lipinski definition) is 5. The van der Waals surface area contributed by atoms with Gasteiger partial charge in [-0.05, 0) is 24.3 Å². The van der Waals surface area contributed by atoms with Crippen LogP contribution in [0.15, 0.2) is 96.2 Å². The number of rotatable bonds is 5. The van der Waals surface area contributed by atoms with Gasteiger partial charge in [-0.25, -0.2) is 10.1 Å². The van der Waals surface area contributed by atoms with Crippen LogP contribution in [-0.2, 0) is 4.79 Å². The number of aromatic nitrogens is 2. The lowest BCUT2D eigenvalue weighted by molar-refractivity contribution is -0.130. The SMILES string of the molecule is O=C(N/N=C/c1cn(-c2ccccc2)nc1-c1ccccc1)C1COc2ccccc2O1. The average molecular weight is 424 g/mol. The molecule has 1 N–H and O–H groups in total. The summed E-state index contributed by atoms with van der Waals surface area (Å²) in [4.78, 5) is 12.5. The molecule has 0 radical (unpaired) electrons. The first-order chi connectivity index (χ1) is 15.8. The van der Waals surface area contributed by atoms with Crippen molar-refractivity contribution in [3.63, 3.8) is 0 Å². The maximum absolute atomic E-state index is 12.5. The zero-order valence-corrected chi connectivity index (χ0v) is 17.1. The maximum atomic E-state index is 12.5. The number of para-hydroxylation sites is 3. The molecule has 7 nitrogen and oxygen atoms in total. The van der Waals surface area contributed by atoms with Gasteiger partial charge in [-0.15, -0.1) is 0 Å². The van der Waals surface area contributed by atoms with Gasteiger partial charge in [0.15, 0.2) is 11.5 Å². The minimum atomic E-state index is -0.775. The van der Waals surface area contributed by atoms with E-state index >= 15 is 0 Å². The van der Waals surface area contributed by atoms with Crippen molar-refractivity contribution in [3.8, 4) is 28.4 Å². The van der Waals surface area contributed by atoms with Crippen LogP contribution >= 0.6 is 0 Å². The first-order valence-corrected chi connectivity index (χ1v) is 10.2. The molecule has 32 heavy (non-hydrogen) atoms. The van der Waals surface area contributed by atoms with Crippen LogP contribution in [0.1, 0.15) is 5.56 Å². The van der Waals surface area contributed by atoms with E-state index in [-0.39, 0.29) is 12.5 Å². The van der Waals surface area contributed by atoms with E-state index in [0.717, 1.165) is 22.5 Å². The van der Waals surface area contributed by atoms with Crippen LogP contribution in [0, 0.1) is 0 Å². The molecule has 4 aromatic rings. The highest BCUT2D eigenvalue weighted by Gasteiger charge is 2.27. The molecule has 7 heteroatoms. The van der Waals surface area contributed by atoms with Gasteiger partial charge in [0.25, 0.3) is 5.91 Å². The Morgan fingerprint density at radius 1 is 0.969 bits per heavy atom. The van der Waals surface area contributed by atoms with Crippen LogP contribution < -0.4 is 14.9 Å². The number of fused-ring (bicyclic) bond motifs is 1. The third kappa shape index (κ3) is 4.09. The molecule has 1 aliphatic heterocycles. The molecule has 3 aromatic carbocycles. The molecule has 1 amide bonds. The quantitative estimate of drug-likeness (QED) is 0.390. The van der Waals surface area contributed by atoms with Gasteiger partial charge in [0, 0.05) is 17.3 Å². The first kappa shape index (κ1) is 19.6. The predicted molar refractivity (Wildman–Crippen MR) is 121 cm³/mol. The number of nitrogens with zero attached hydrogens (tertiary/aromatic N) is 3. The zero-order valence-electron chi connectivity index (χ0n) is 17.1. The summed E-state index contributed by atoms with van der Waals surface area (Å²) in [5, 5.41) is 8.88. The van der Waals surface area contributed by atoms with Crippen molar-refractivity contribution in [2.75, 3.05) is 6.61 Å². The molecule has 0 bridgehead atoms. The molecule has 1 aliphatic rings. The largest absolute Gasteiger partial charge is 0.485 e. The molecule has 0 saturated carbocycles. The molecule has 5 rings (SSSR count). The number of carbonyl (C=O) groups excluding carboxylic acids is 1. The van der Waals surface area contributed by atoms with Crippen LogP contribution in [0.4, 0.5) is 0 Å². The average Bonchev–Trinajstić information content (AvgIpc) is 3.29. The van der Waals surface area contributed by atoms with E-state index in [2.05, 4.69) is 10.5 Å². The number of amides is 1. The minimum absolute atomic E-state index is 0.125. The minimum Gasteiger partial charge on any atom is -0.485 e. The Labute approximate surface area is 184 Å². The lowest BCUT2D eigenvalue weighted by Crippen LogP contribution is -2.42. The van der Waals surface area contributed by atoms with Crippen molar-refractivity contribution in [1.82, 2.24) is 15.2 Å². The molecular weight excluding hydrogens is 404 g/mol. The van der Waals surface area contributed by atoms with Crippen LogP contribution in [0.25, 0.3) is 16.9 Å². The fourth-order valence-corrected chi connectivity index (χ4v) is 3.40. The van der Waals surface area contributed by atoms with Crippen LogP contribution in [0.5, 0.6) is 11.5 Å². The molecule has 1 atom stereocenters. The summed E-state index contributed by atoms with van der Waals surface area (Å²) in [7, 11) is 0. The summed E-state index contributed by atoms with van der Waals surface area (Å²) in [6.45, 7) is 0.125. The van der Waals surface area contributed by atoms with E-state index in [1.165, 1.54) is 0 Å². The van der Waals surface area contributed by atoms with Gasteiger partial charge >= 0.3 is 0 Å². The Bertz CT molecular complexity index is 1250. The standard InChI is InChI=1S/C25H20N4O3/c30-25(23-17-31-21-13-7-8-14-22(21)32-23)27-26-15-19-16-29(20-11-5-2-6-12-20)28-24(19)18-9-3-1-4-10-18/h1-16,23H,17H2,(H,27,30)/b26-15+. The van der Waals surface area contributed by atoms with E-state index in [1.807, 2.05) is 79.0 Å². The van der Waals surface area contributed by atoms with Crippen molar-refractivity contribution in [2.24, 2.45) is 5.10 Å². The molecule has 0 saturated heterocycles. The Balaban J connectivity index is 1.35. The van der Waals surface area contributed by atoms with Crippen molar-refractivity contribution in [1.29, 1.82) is 0 Å². The number of hydrazone groups is 1. The van der Waals surface area contributed by atoms with Gasteiger partial charge in [-0.2, -0.15) is 10.2 Å². The Hall–Kier alpha value is -4.39. The third-order valence-corrected chi connectivity index (χ3v) is 4.99. The lowest BCUT2D eigenvalue weighted by atomic mass is 10.1. The maximum Gasteiger partial charge on any atom is 0.284 e. The normalized spacial score (nSPS) is 14.9. The highest BCUT2D eigenvalue weighted by Crippen LogP contribution is 2.30. The molecule has 1 aromatic heterocycles.